The molecule has 6 fully saturated rings. The number of aromatic hydroxyl groups is 2. The molecule has 15 nitrogen and oxygen atoms in total. The summed E-state index contributed by atoms with van der Waals surface area (Å²) in [6, 6.07) is 57.9. The molecule has 15 heteroatoms. The van der Waals surface area contributed by atoms with E-state index in [1.807, 2.05) is 111 Å². The van der Waals surface area contributed by atoms with Crippen LogP contribution in [-0.4, -0.2) is 97.1 Å². The third-order valence-corrected chi connectivity index (χ3v) is 25.3. The highest BCUT2D eigenvalue weighted by Gasteiger charge is 2.65. The minimum atomic E-state index is -0.632. The Morgan fingerprint density at radius 3 is 1.66 bits per heavy atom. The number of ether oxygens (including phenoxy) is 10. The van der Waals surface area contributed by atoms with Crippen LogP contribution in [0.3, 0.4) is 0 Å². The van der Waals surface area contributed by atoms with Crippen molar-refractivity contribution >= 4 is 39.5 Å². The summed E-state index contributed by atoms with van der Waals surface area (Å²) >= 11 is 0. The molecule has 0 amide bonds. The summed E-state index contributed by atoms with van der Waals surface area (Å²) in [5, 5.41) is 23.6. The van der Waals surface area contributed by atoms with E-state index in [9.17, 15) is 19.5 Å². The molecular formula is C98H128O15. The molecule has 4 aliphatic carbocycles. The average molecular weight is 1550 g/mol. The molecule has 3 heterocycles. The minimum Gasteiger partial charge on any atom is -0.508 e. The van der Waals surface area contributed by atoms with Crippen molar-refractivity contribution in [3.63, 3.8) is 0 Å². The van der Waals surface area contributed by atoms with Gasteiger partial charge in [-0.1, -0.05) is 179 Å². The molecule has 8 aromatic carbocycles. The van der Waals surface area contributed by atoms with Crippen LogP contribution in [0.4, 0.5) is 0 Å². The predicted octanol–water partition coefficient (Wildman–Crippen LogP) is 23.1. The maximum atomic E-state index is 12.1. The van der Waals surface area contributed by atoms with Crippen LogP contribution in [0.1, 0.15) is 246 Å². The lowest BCUT2D eigenvalue weighted by Gasteiger charge is -2.34. The van der Waals surface area contributed by atoms with Gasteiger partial charge in [-0.2, -0.15) is 0 Å². The van der Waals surface area contributed by atoms with Crippen molar-refractivity contribution in [1.82, 2.24) is 0 Å². The number of rotatable bonds is 25. The number of carbonyl (C=O) groups excluding carboxylic acids is 3. The Morgan fingerprint density at radius 1 is 0.540 bits per heavy atom. The summed E-state index contributed by atoms with van der Waals surface area (Å²) in [4.78, 5) is 35.3. The second-order valence-electron chi connectivity index (χ2n) is 34.1. The molecule has 113 heavy (non-hydrogen) atoms. The Hall–Kier alpha value is -8.47. The number of phenolic OH excluding ortho intramolecular Hbond substituents is 2. The van der Waals surface area contributed by atoms with Crippen LogP contribution in [-0.2, 0) is 42.8 Å². The Kier molecular flexibility index (Phi) is 30.2. The van der Waals surface area contributed by atoms with E-state index in [2.05, 4.69) is 146 Å². The molecule has 2 N–H and O–H groups in total. The fourth-order valence-electron chi connectivity index (χ4n) is 16.7. The van der Waals surface area contributed by atoms with E-state index in [-0.39, 0.29) is 48.1 Å². The third-order valence-electron chi connectivity index (χ3n) is 25.3. The fraction of sp³-hybridized carbons (Fsp3) is 0.520. The molecule has 3 saturated carbocycles. The lowest BCUT2D eigenvalue weighted by molar-refractivity contribution is -0.170. The average Bonchev–Trinajstić information content (AvgIpc) is 1.57. The smallest absolute Gasteiger partial charge is 0.316 e. The topological polar surface area (TPSA) is 184 Å². The van der Waals surface area contributed by atoms with E-state index >= 15 is 0 Å². The molecule has 0 spiro atoms. The monoisotopic (exact) mass is 1540 g/mol. The number of hydrogen-bond donors (Lipinski definition) is 2. The first-order chi connectivity index (χ1) is 54.0. The normalized spacial score (nSPS) is 23.8. The van der Waals surface area contributed by atoms with Gasteiger partial charge in [0.1, 0.15) is 47.2 Å². The molecule has 15 rings (SSSR count). The highest BCUT2D eigenvalue weighted by molar-refractivity contribution is 5.92. The standard InChI is InChI=1S/C23H34O3.C22H30O3.C14H16O.C14H14.C13H18O5.C12H16O3/c1-4-15(2)16-8-10-18(11-9-16)25-23(14-24-3)26-22-13-17-12-21(22)20-7-5-6-19(17)20;1-6-17(3)18-13-15-19(16-14-18)24-21(23-7-2)22(4,5)25-20-11-9-8-10-12-20;1-3-10(2)11-4-5-13-9-14(15)7-6-12(13)8-11;1-9-10(2)13-8-4-6-11-5-3-7-12(9)14(11)13;1-4-13(2,3)12(15)18-9-7-5-6-8(16-7)10(9)17-11(6)14;1-4-12(2,3)11(14)15-10-7-5-9(13)6-8-10/h8-11,15,17,19-23H,4-7,12-14H2,1-3H3;8-17,21H,6-7H2,1-5H3;4-10,15H,3H2,1-2H3;3-10H,1-2H3;6-10H,4-5H2,1-3H3;5-8,13H,4H2,1-3H3. The zero-order valence-electron chi connectivity index (χ0n) is 70.5. The first kappa shape index (κ1) is 86.9. The molecular weight excluding hydrogens is 1420 g/mol. The number of benzene rings is 8. The van der Waals surface area contributed by atoms with E-state index in [4.69, 9.17) is 52.5 Å². The van der Waals surface area contributed by atoms with Gasteiger partial charge < -0.3 is 57.6 Å². The van der Waals surface area contributed by atoms with Gasteiger partial charge in [0.25, 0.3) is 0 Å². The van der Waals surface area contributed by atoms with Crippen molar-refractivity contribution in [3.05, 3.63) is 204 Å². The van der Waals surface area contributed by atoms with Crippen LogP contribution in [0.5, 0.6) is 34.5 Å². The predicted molar refractivity (Wildman–Crippen MR) is 449 cm³/mol. The van der Waals surface area contributed by atoms with Crippen molar-refractivity contribution < 1.29 is 72.0 Å². The summed E-state index contributed by atoms with van der Waals surface area (Å²) < 4.78 is 57.7. The van der Waals surface area contributed by atoms with Gasteiger partial charge in [0.15, 0.2) is 17.8 Å². The van der Waals surface area contributed by atoms with Crippen molar-refractivity contribution in [2.45, 2.75) is 267 Å². The van der Waals surface area contributed by atoms with Crippen LogP contribution < -0.4 is 18.9 Å². The summed E-state index contributed by atoms with van der Waals surface area (Å²) in [6.45, 7) is 36.3. The lowest BCUT2D eigenvalue weighted by Crippen LogP contribution is -2.47. The number of para-hydroxylation sites is 1. The highest BCUT2D eigenvalue weighted by Crippen LogP contribution is 2.60. The number of methoxy groups -OCH3 is 1. The van der Waals surface area contributed by atoms with Crippen molar-refractivity contribution in [3.8, 4) is 34.5 Å². The fourth-order valence-corrected chi connectivity index (χ4v) is 16.7. The number of phenols is 2. The van der Waals surface area contributed by atoms with Crippen molar-refractivity contribution in [2.24, 2.45) is 40.4 Å². The number of hydrogen-bond acceptors (Lipinski definition) is 15. The van der Waals surface area contributed by atoms with Gasteiger partial charge in [-0.3, -0.25) is 14.4 Å². The van der Waals surface area contributed by atoms with Gasteiger partial charge in [-0.05, 0) is 288 Å². The van der Waals surface area contributed by atoms with Crippen molar-refractivity contribution in [1.29, 1.82) is 0 Å². The molecule has 610 valence electrons. The van der Waals surface area contributed by atoms with E-state index < -0.39 is 34.9 Å². The zero-order chi connectivity index (χ0) is 81.5. The molecule has 0 aromatic heterocycles. The SMILES string of the molecule is CC1c2cccc3cccc(c23)C1C.CCC(C)(C)C(=O)OC1C2CC3C(=O)OC1C3O2.CCC(C)(C)C(=O)Oc1ccc(O)cc1.CCC(C)c1ccc(OC(COC)OC2CC3CC2C2CCCC32)cc1.CCC(C)c1ccc2cc(O)ccc2c1.CCOC(Oc1ccc(C(C)CC)cc1)C(C)(C)Oc1ccccc1. The van der Waals surface area contributed by atoms with Crippen LogP contribution in [0.25, 0.3) is 21.5 Å². The highest BCUT2D eigenvalue weighted by atomic mass is 16.7. The Balaban J connectivity index is 0.000000146. The lowest BCUT2D eigenvalue weighted by atomic mass is 9.80. The second-order valence-corrected chi connectivity index (χ2v) is 34.1. The molecule has 3 aliphatic heterocycles. The zero-order valence-corrected chi connectivity index (χ0v) is 70.5. The molecule has 8 aromatic rings. The van der Waals surface area contributed by atoms with Crippen LogP contribution in [0, 0.1) is 40.4 Å². The summed E-state index contributed by atoms with van der Waals surface area (Å²) in [5.74, 6) is 9.21. The first-order valence-electron chi connectivity index (χ1n) is 41.9. The Morgan fingerprint density at radius 2 is 1.08 bits per heavy atom. The minimum absolute atomic E-state index is 0.144. The number of fused-ring (bicyclic) bond motifs is 7. The van der Waals surface area contributed by atoms with E-state index in [1.165, 1.54) is 88.2 Å². The first-order valence-corrected chi connectivity index (χ1v) is 41.9. The Labute approximate surface area is 673 Å². The molecule has 7 aliphatic rings. The summed E-state index contributed by atoms with van der Waals surface area (Å²) in [7, 11) is 1.72. The van der Waals surface area contributed by atoms with Gasteiger partial charge in [-0.15, -0.1) is 0 Å². The second kappa shape index (κ2) is 39.2. The van der Waals surface area contributed by atoms with Gasteiger partial charge >= 0.3 is 17.9 Å². The summed E-state index contributed by atoms with van der Waals surface area (Å²) in [5.41, 5.74) is 5.51. The van der Waals surface area contributed by atoms with Crippen molar-refractivity contribution in [2.75, 3.05) is 20.3 Å². The Bertz CT molecular complexity index is 4300. The van der Waals surface area contributed by atoms with E-state index in [0.717, 1.165) is 72.0 Å². The van der Waals surface area contributed by atoms with Gasteiger partial charge in [-0.25, -0.2) is 0 Å². The van der Waals surface area contributed by atoms with Gasteiger partial charge in [0, 0.05) is 13.7 Å². The maximum Gasteiger partial charge on any atom is 0.316 e. The molecule has 4 bridgehead atoms. The molecule has 3 saturated heterocycles. The van der Waals surface area contributed by atoms with E-state index in [1.54, 1.807) is 31.4 Å². The molecule has 17 unspecified atom stereocenters. The van der Waals surface area contributed by atoms with Gasteiger partial charge in [0.2, 0.25) is 12.6 Å². The van der Waals surface area contributed by atoms with Crippen LogP contribution in [0.2, 0.25) is 0 Å². The van der Waals surface area contributed by atoms with E-state index in [0.29, 0.717) is 73.2 Å². The van der Waals surface area contributed by atoms with Crippen LogP contribution in [0.15, 0.2) is 176 Å². The largest absolute Gasteiger partial charge is 0.508 e. The third kappa shape index (κ3) is 21.6. The number of esters is 3. The molecule has 0 radical (unpaired) electrons. The van der Waals surface area contributed by atoms with Gasteiger partial charge in [0.05, 0.1) is 29.0 Å². The quantitative estimate of drug-likeness (QED) is 0.0313. The molecule has 17 atom stereocenters. The van der Waals surface area contributed by atoms with Crippen LogP contribution >= 0.6 is 0 Å². The maximum absolute atomic E-state index is 12.1. The summed E-state index contributed by atoms with van der Waals surface area (Å²) in [6.07, 6.45) is 10.7. The number of carbonyl (C=O) groups is 3.